The number of rotatable bonds is 6. The second-order valence-corrected chi connectivity index (χ2v) is 8.97. The molecule has 2 heterocycles. The van der Waals surface area contributed by atoms with E-state index in [1.807, 2.05) is 79.2 Å². The van der Waals surface area contributed by atoms with Crippen molar-refractivity contribution in [3.05, 3.63) is 95.1 Å². The maximum Gasteiger partial charge on any atom is 0.255 e. The number of carbonyl (C=O) groups excluding carboxylic acids is 2. The van der Waals surface area contributed by atoms with Gasteiger partial charge in [-0.25, -0.2) is 4.68 Å². The Morgan fingerprint density at radius 1 is 1.03 bits per heavy atom. The molecule has 2 amide bonds. The molecular weight excluding hydrogens is 452 g/mol. The molecule has 0 saturated carbocycles. The molecule has 4 aromatic rings. The number of nitrogens with zero attached hydrogens (tertiary/aromatic N) is 3. The molecule has 0 bridgehead atoms. The molecule has 1 aromatic heterocycles. The van der Waals surface area contributed by atoms with Crippen LogP contribution in [0.15, 0.2) is 72.8 Å². The number of aryl methyl sites for hydroxylation is 2. The van der Waals surface area contributed by atoms with E-state index in [-0.39, 0.29) is 11.8 Å². The van der Waals surface area contributed by atoms with Crippen LogP contribution >= 0.6 is 0 Å². The third-order valence-corrected chi connectivity index (χ3v) is 6.67. The highest BCUT2D eigenvalue weighted by Gasteiger charge is 2.26. The highest BCUT2D eigenvalue weighted by molar-refractivity contribution is 6.04. The van der Waals surface area contributed by atoms with Crippen LogP contribution in [0.5, 0.6) is 5.75 Å². The minimum atomic E-state index is -0.161. The average molecular weight is 481 g/mol. The number of carbonyl (C=O) groups is 2. The second kappa shape index (κ2) is 9.70. The lowest BCUT2D eigenvalue weighted by Gasteiger charge is -2.27. The monoisotopic (exact) mass is 480 g/mol. The molecule has 0 atom stereocenters. The Kier molecular flexibility index (Phi) is 6.29. The van der Waals surface area contributed by atoms with Gasteiger partial charge in [-0.2, -0.15) is 5.10 Å². The fourth-order valence-corrected chi connectivity index (χ4v) is 4.35. The minimum absolute atomic E-state index is 0.0559. The number of fused-ring (bicyclic) bond motifs is 1. The average Bonchev–Trinajstić information content (AvgIpc) is 3.33. The summed E-state index contributed by atoms with van der Waals surface area (Å²) in [6, 6.07) is 22.9. The standard InChI is InChI=1S/C29H28N4O3/c1-19-5-4-6-25(20(19)2)30-29(35)23-9-7-21(8-10-23)18-32-27-17-26(31-33(27)16-15-28(32)34)22-11-13-24(36-3)14-12-22/h4-14,17H,15-16,18H2,1-3H3,(H,30,35). The molecule has 3 aromatic carbocycles. The lowest BCUT2D eigenvalue weighted by Crippen LogP contribution is -2.36. The molecule has 0 aliphatic carbocycles. The first-order valence-electron chi connectivity index (χ1n) is 11.9. The lowest BCUT2D eigenvalue weighted by atomic mass is 10.1. The molecule has 0 radical (unpaired) electrons. The summed E-state index contributed by atoms with van der Waals surface area (Å²) in [7, 11) is 1.64. The van der Waals surface area contributed by atoms with Crippen LogP contribution in [0, 0.1) is 13.8 Å². The summed E-state index contributed by atoms with van der Waals surface area (Å²) in [5, 5.41) is 7.71. The van der Waals surface area contributed by atoms with Crippen LogP contribution in [0.1, 0.15) is 33.5 Å². The van der Waals surface area contributed by atoms with E-state index in [9.17, 15) is 9.59 Å². The number of hydrogen-bond donors (Lipinski definition) is 1. The highest BCUT2D eigenvalue weighted by atomic mass is 16.5. The molecule has 5 rings (SSSR count). The largest absolute Gasteiger partial charge is 0.497 e. The van der Waals surface area contributed by atoms with Crippen molar-refractivity contribution in [3.63, 3.8) is 0 Å². The molecule has 1 aliphatic heterocycles. The van der Waals surface area contributed by atoms with Gasteiger partial charge in [-0.1, -0.05) is 24.3 Å². The van der Waals surface area contributed by atoms with Crippen molar-refractivity contribution < 1.29 is 14.3 Å². The van der Waals surface area contributed by atoms with Gasteiger partial charge in [-0.05, 0) is 73.0 Å². The van der Waals surface area contributed by atoms with Crippen LogP contribution in [-0.2, 0) is 17.9 Å². The second-order valence-electron chi connectivity index (χ2n) is 8.97. The topological polar surface area (TPSA) is 76.5 Å². The number of hydrogen-bond acceptors (Lipinski definition) is 4. The van der Waals surface area contributed by atoms with Crippen LogP contribution in [-0.4, -0.2) is 28.7 Å². The molecule has 182 valence electrons. The summed E-state index contributed by atoms with van der Waals surface area (Å²) < 4.78 is 7.12. The van der Waals surface area contributed by atoms with Crippen LogP contribution < -0.4 is 15.0 Å². The van der Waals surface area contributed by atoms with Crippen molar-refractivity contribution in [1.82, 2.24) is 9.78 Å². The Hall–Kier alpha value is -4.39. The van der Waals surface area contributed by atoms with Gasteiger partial charge in [-0.15, -0.1) is 0 Å². The van der Waals surface area contributed by atoms with Crippen molar-refractivity contribution in [3.8, 4) is 17.0 Å². The number of amides is 2. The molecule has 0 spiro atoms. The van der Waals surface area contributed by atoms with Gasteiger partial charge in [0.2, 0.25) is 5.91 Å². The maximum absolute atomic E-state index is 12.8. The first kappa shape index (κ1) is 23.4. The van der Waals surface area contributed by atoms with Crippen LogP contribution in [0.3, 0.4) is 0 Å². The lowest BCUT2D eigenvalue weighted by molar-refractivity contribution is -0.119. The van der Waals surface area contributed by atoms with Gasteiger partial charge in [0.25, 0.3) is 5.91 Å². The fraction of sp³-hybridized carbons (Fsp3) is 0.207. The summed E-state index contributed by atoms with van der Waals surface area (Å²) in [4.78, 5) is 27.4. The Morgan fingerprint density at radius 3 is 2.50 bits per heavy atom. The van der Waals surface area contributed by atoms with Gasteiger partial charge in [0, 0.05) is 29.3 Å². The molecule has 0 fully saturated rings. The van der Waals surface area contributed by atoms with Gasteiger partial charge in [-0.3, -0.25) is 14.5 Å². The van der Waals surface area contributed by atoms with Crippen molar-refractivity contribution in [2.24, 2.45) is 0 Å². The van der Waals surface area contributed by atoms with Gasteiger partial charge < -0.3 is 10.1 Å². The first-order valence-corrected chi connectivity index (χ1v) is 11.9. The Labute approximate surface area is 210 Å². The van der Waals surface area contributed by atoms with Crippen LogP contribution in [0.2, 0.25) is 0 Å². The normalized spacial score (nSPS) is 12.9. The quantitative estimate of drug-likeness (QED) is 0.403. The summed E-state index contributed by atoms with van der Waals surface area (Å²) in [5.74, 6) is 1.45. The van der Waals surface area contributed by atoms with Crippen molar-refractivity contribution >= 4 is 23.3 Å². The van der Waals surface area contributed by atoms with E-state index in [0.29, 0.717) is 25.1 Å². The van der Waals surface area contributed by atoms with E-state index in [4.69, 9.17) is 9.84 Å². The SMILES string of the molecule is COc1ccc(-c2cc3n(n2)CCC(=O)N3Cc2ccc(C(=O)Nc3cccc(C)c3C)cc2)cc1. The van der Waals surface area contributed by atoms with Gasteiger partial charge in [0.15, 0.2) is 0 Å². The number of benzene rings is 3. The maximum atomic E-state index is 12.8. The zero-order valence-corrected chi connectivity index (χ0v) is 20.6. The summed E-state index contributed by atoms with van der Waals surface area (Å²) in [6.45, 7) is 4.98. The molecule has 36 heavy (non-hydrogen) atoms. The number of nitrogens with one attached hydrogen (secondary N) is 1. The van der Waals surface area contributed by atoms with E-state index < -0.39 is 0 Å². The molecule has 7 heteroatoms. The van der Waals surface area contributed by atoms with E-state index >= 15 is 0 Å². The predicted molar refractivity (Wildman–Crippen MR) is 140 cm³/mol. The fourth-order valence-electron chi connectivity index (χ4n) is 4.35. The van der Waals surface area contributed by atoms with Crippen LogP contribution in [0.4, 0.5) is 11.5 Å². The summed E-state index contributed by atoms with van der Waals surface area (Å²) >= 11 is 0. The molecule has 7 nitrogen and oxygen atoms in total. The zero-order valence-electron chi connectivity index (χ0n) is 20.6. The molecule has 1 N–H and O–H groups in total. The van der Waals surface area contributed by atoms with E-state index in [1.54, 1.807) is 24.1 Å². The third-order valence-electron chi connectivity index (χ3n) is 6.67. The molecule has 0 unspecified atom stereocenters. The molecule has 0 saturated heterocycles. The number of aromatic nitrogens is 2. The van der Waals surface area contributed by atoms with Crippen molar-refractivity contribution in [1.29, 1.82) is 0 Å². The third kappa shape index (κ3) is 4.60. The van der Waals surface area contributed by atoms with Gasteiger partial charge >= 0.3 is 0 Å². The Bertz CT molecular complexity index is 1420. The number of ether oxygens (including phenoxy) is 1. The number of anilines is 2. The minimum Gasteiger partial charge on any atom is -0.497 e. The highest BCUT2D eigenvalue weighted by Crippen LogP contribution is 2.30. The summed E-state index contributed by atoms with van der Waals surface area (Å²) in [6.07, 6.45) is 0.396. The first-order chi connectivity index (χ1) is 17.4. The molecule has 1 aliphatic rings. The van der Waals surface area contributed by atoms with E-state index in [0.717, 1.165) is 45.2 Å². The molecular formula is C29H28N4O3. The van der Waals surface area contributed by atoms with Crippen LogP contribution in [0.25, 0.3) is 11.3 Å². The Morgan fingerprint density at radius 2 is 1.78 bits per heavy atom. The number of methoxy groups -OCH3 is 1. The predicted octanol–water partition coefficient (Wildman–Crippen LogP) is 5.36. The zero-order chi connectivity index (χ0) is 25.2. The van der Waals surface area contributed by atoms with Crippen molar-refractivity contribution in [2.75, 3.05) is 17.3 Å². The van der Waals surface area contributed by atoms with E-state index in [2.05, 4.69) is 5.32 Å². The smallest absolute Gasteiger partial charge is 0.255 e. The van der Waals surface area contributed by atoms with Crippen molar-refractivity contribution in [2.45, 2.75) is 33.4 Å². The Balaban J connectivity index is 1.32. The summed E-state index contributed by atoms with van der Waals surface area (Å²) in [5.41, 5.74) is 6.27. The van der Waals surface area contributed by atoms with Gasteiger partial charge in [0.1, 0.15) is 11.6 Å². The van der Waals surface area contributed by atoms with E-state index in [1.165, 1.54) is 0 Å². The van der Waals surface area contributed by atoms with Gasteiger partial charge in [0.05, 0.1) is 25.9 Å².